The van der Waals surface area contributed by atoms with E-state index in [1.807, 2.05) is 66.9 Å². The van der Waals surface area contributed by atoms with Gasteiger partial charge in [0.25, 0.3) is 5.56 Å². The molecule has 3 heterocycles. The average Bonchev–Trinajstić information content (AvgIpc) is 3.17. The van der Waals surface area contributed by atoms with Crippen molar-refractivity contribution < 1.29 is 0 Å². The van der Waals surface area contributed by atoms with Gasteiger partial charge in [-0.3, -0.25) is 4.79 Å². The summed E-state index contributed by atoms with van der Waals surface area (Å²) >= 11 is 3.06. The van der Waals surface area contributed by atoms with Gasteiger partial charge in [-0.1, -0.05) is 60.3 Å². The lowest BCUT2D eigenvalue weighted by molar-refractivity contribution is 1.00. The third kappa shape index (κ3) is 3.43. The molecular formula is C22H16N4OS2. The van der Waals surface area contributed by atoms with Gasteiger partial charge in [-0.2, -0.15) is 0 Å². The van der Waals surface area contributed by atoms with Crippen molar-refractivity contribution in [2.45, 2.75) is 17.7 Å². The highest BCUT2D eigenvalue weighted by Crippen LogP contribution is 2.31. The van der Waals surface area contributed by atoms with Crippen molar-refractivity contribution in [3.8, 4) is 11.1 Å². The van der Waals surface area contributed by atoms with Crippen molar-refractivity contribution in [2.24, 2.45) is 0 Å². The fourth-order valence-corrected chi connectivity index (χ4v) is 5.20. The Balaban J connectivity index is 1.49. The van der Waals surface area contributed by atoms with Crippen LogP contribution in [-0.4, -0.2) is 19.9 Å². The Morgan fingerprint density at radius 1 is 1.00 bits per heavy atom. The van der Waals surface area contributed by atoms with Crippen LogP contribution in [0, 0.1) is 6.92 Å². The van der Waals surface area contributed by atoms with Crippen LogP contribution in [0.3, 0.4) is 0 Å². The molecule has 5 nitrogen and oxygen atoms in total. The van der Waals surface area contributed by atoms with Crippen LogP contribution in [0.1, 0.15) is 11.6 Å². The number of fused-ring (bicyclic) bond motifs is 2. The Morgan fingerprint density at radius 2 is 1.79 bits per heavy atom. The maximum absolute atomic E-state index is 12.8. The first-order valence-corrected chi connectivity index (χ1v) is 11.0. The minimum Gasteiger partial charge on any atom is -0.309 e. The number of para-hydroxylation sites is 1. The van der Waals surface area contributed by atoms with Gasteiger partial charge in [-0.15, -0.1) is 11.3 Å². The number of thioether (sulfide) groups is 1. The number of aryl methyl sites for hydroxylation is 1. The molecule has 1 N–H and O–H groups in total. The molecule has 0 amide bonds. The fraction of sp³-hybridized carbons (Fsp3) is 0.0909. The topological polar surface area (TPSA) is 71.5 Å². The molecule has 5 aromatic rings. The molecule has 0 fully saturated rings. The number of thiophene rings is 1. The van der Waals surface area contributed by atoms with Crippen molar-refractivity contribution in [3.63, 3.8) is 0 Å². The van der Waals surface area contributed by atoms with Crippen LogP contribution in [0.15, 0.2) is 69.8 Å². The molecule has 0 aliphatic carbocycles. The molecule has 0 aliphatic rings. The molecule has 0 aliphatic heterocycles. The maximum Gasteiger partial charge on any atom is 0.260 e. The lowest BCUT2D eigenvalue weighted by Gasteiger charge is -2.06. The molecule has 29 heavy (non-hydrogen) atoms. The molecule has 7 heteroatoms. The second-order valence-electron chi connectivity index (χ2n) is 6.59. The van der Waals surface area contributed by atoms with Crippen LogP contribution in [-0.2, 0) is 5.75 Å². The highest BCUT2D eigenvalue weighted by molar-refractivity contribution is 7.98. The Hall–Kier alpha value is -3.03. The van der Waals surface area contributed by atoms with E-state index >= 15 is 0 Å². The van der Waals surface area contributed by atoms with Gasteiger partial charge < -0.3 is 4.98 Å². The van der Waals surface area contributed by atoms with Crippen LogP contribution in [0.2, 0.25) is 0 Å². The molecule has 0 saturated heterocycles. The van der Waals surface area contributed by atoms with Crippen LogP contribution >= 0.6 is 23.1 Å². The summed E-state index contributed by atoms with van der Waals surface area (Å²) in [6.45, 7) is 1.89. The minimum absolute atomic E-state index is 0.102. The first-order valence-electron chi connectivity index (χ1n) is 9.11. The van der Waals surface area contributed by atoms with E-state index in [1.54, 1.807) is 11.8 Å². The van der Waals surface area contributed by atoms with Crippen molar-refractivity contribution in [2.75, 3.05) is 0 Å². The van der Waals surface area contributed by atoms with Gasteiger partial charge in [-0.25, -0.2) is 15.0 Å². The van der Waals surface area contributed by atoms with Crippen LogP contribution in [0.5, 0.6) is 0 Å². The molecule has 0 spiro atoms. The van der Waals surface area contributed by atoms with Gasteiger partial charge in [0.1, 0.15) is 21.5 Å². The minimum atomic E-state index is -0.102. The van der Waals surface area contributed by atoms with Gasteiger partial charge >= 0.3 is 0 Å². The second kappa shape index (κ2) is 7.42. The number of hydrogen-bond donors (Lipinski definition) is 1. The number of aromatic nitrogens is 4. The van der Waals surface area contributed by atoms with Crippen molar-refractivity contribution in [1.29, 1.82) is 0 Å². The Labute approximate surface area is 174 Å². The number of hydrogen-bond acceptors (Lipinski definition) is 6. The first-order chi connectivity index (χ1) is 14.2. The summed E-state index contributed by atoms with van der Waals surface area (Å²) in [5.41, 5.74) is 2.77. The van der Waals surface area contributed by atoms with E-state index in [-0.39, 0.29) is 5.56 Å². The summed E-state index contributed by atoms with van der Waals surface area (Å²) in [4.78, 5) is 30.3. The molecule has 3 aromatic heterocycles. The normalized spacial score (nSPS) is 11.3. The van der Waals surface area contributed by atoms with Gasteiger partial charge in [0.15, 0.2) is 0 Å². The average molecular weight is 417 g/mol. The SMILES string of the molecule is Cc1nc(SCc2nc3scc(-c4ccccc4)c3c(=O)[nH]2)c2ccccc2n1. The lowest BCUT2D eigenvalue weighted by atomic mass is 10.1. The number of nitrogens with zero attached hydrogens (tertiary/aromatic N) is 3. The first kappa shape index (κ1) is 18.0. The van der Waals surface area contributed by atoms with E-state index in [1.165, 1.54) is 11.3 Å². The number of nitrogens with one attached hydrogen (secondary N) is 1. The number of rotatable bonds is 4. The Morgan fingerprint density at radius 3 is 2.66 bits per heavy atom. The summed E-state index contributed by atoms with van der Waals surface area (Å²) in [6, 6.07) is 17.9. The van der Waals surface area contributed by atoms with Crippen LogP contribution < -0.4 is 5.56 Å². The molecule has 142 valence electrons. The van der Waals surface area contributed by atoms with Gasteiger partial charge in [0.05, 0.1) is 16.7 Å². The predicted octanol–water partition coefficient (Wildman–Crippen LogP) is 5.20. The summed E-state index contributed by atoms with van der Waals surface area (Å²) in [6.07, 6.45) is 0. The van der Waals surface area contributed by atoms with Crippen LogP contribution in [0.25, 0.3) is 32.2 Å². The highest BCUT2D eigenvalue weighted by Gasteiger charge is 2.14. The molecule has 0 unspecified atom stereocenters. The van der Waals surface area contributed by atoms with Gasteiger partial charge in [0.2, 0.25) is 0 Å². The van der Waals surface area contributed by atoms with Crippen LogP contribution in [0.4, 0.5) is 0 Å². The van der Waals surface area contributed by atoms with E-state index in [0.717, 1.165) is 37.7 Å². The number of benzene rings is 2. The largest absolute Gasteiger partial charge is 0.309 e. The maximum atomic E-state index is 12.8. The predicted molar refractivity (Wildman–Crippen MR) is 120 cm³/mol. The Kier molecular flexibility index (Phi) is 4.61. The summed E-state index contributed by atoms with van der Waals surface area (Å²) in [5, 5.41) is 4.56. The molecule has 0 saturated carbocycles. The smallest absolute Gasteiger partial charge is 0.260 e. The molecule has 5 rings (SSSR count). The highest BCUT2D eigenvalue weighted by atomic mass is 32.2. The van der Waals surface area contributed by atoms with E-state index in [0.29, 0.717) is 17.0 Å². The standard InChI is InChI=1S/C22H16N4OS2/c1-13-23-17-10-6-5-9-15(17)21(24-13)29-12-18-25-20(27)19-16(11-28-22(19)26-18)14-7-3-2-4-8-14/h2-11H,12H2,1H3,(H,25,26,27). The Bertz CT molecular complexity index is 1390. The monoisotopic (exact) mass is 416 g/mol. The molecule has 2 aromatic carbocycles. The number of H-pyrrole nitrogens is 1. The van der Waals surface area contributed by atoms with E-state index in [2.05, 4.69) is 15.0 Å². The van der Waals surface area contributed by atoms with Gasteiger partial charge in [-0.05, 0) is 18.6 Å². The zero-order valence-electron chi connectivity index (χ0n) is 15.5. The quantitative estimate of drug-likeness (QED) is 0.322. The summed E-state index contributed by atoms with van der Waals surface area (Å²) in [7, 11) is 0. The molecular weight excluding hydrogens is 400 g/mol. The molecule has 0 bridgehead atoms. The fourth-order valence-electron chi connectivity index (χ4n) is 3.30. The summed E-state index contributed by atoms with van der Waals surface area (Å²) < 4.78 is 0. The molecule has 0 atom stereocenters. The van der Waals surface area contributed by atoms with Crippen molar-refractivity contribution in [3.05, 3.63) is 82.0 Å². The third-order valence-corrected chi connectivity index (χ3v) is 6.48. The van der Waals surface area contributed by atoms with E-state index in [4.69, 9.17) is 4.98 Å². The zero-order chi connectivity index (χ0) is 19.8. The van der Waals surface area contributed by atoms with Crippen molar-refractivity contribution in [1.82, 2.24) is 19.9 Å². The van der Waals surface area contributed by atoms with E-state index in [9.17, 15) is 4.79 Å². The number of aromatic amines is 1. The van der Waals surface area contributed by atoms with Crippen molar-refractivity contribution >= 4 is 44.2 Å². The third-order valence-electron chi connectivity index (χ3n) is 4.60. The summed E-state index contributed by atoms with van der Waals surface area (Å²) in [5.74, 6) is 1.91. The molecule has 0 radical (unpaired) electrons. The second-order valence-corrected chi connectivity index (χ2v) is 8.41. The van der Waals surface area contributed by atoms with Gasteiger partial charge in [0, 0.05) is 16.3 Å². The zero-order valence-corrected chi connectivity index (χ0v) is 17.2. The lowest BCUT2D eigenvalue weighted by Crippen LogP contribution is -2.10. The van der Waals surface area contributed by atoms with E-state index < -0.39 is 0 Å².